The number of hydrogen-bond acceptors (Lipinski definition) is 3. The number of ether oxygens (including phenoxy) is 1. The molecule has 54 valence electrons. The van der Waals surface area contributed by atoms with Crippen molar-refractivity contribution in [3.63, 3.8) is 0 Å². The van der Waals surface area contributed by atoms with Gasteiger partial charge in [-0.15, -0.1) is 0 Å². The molecule has 0 bridgehead atoms. The molecule has 2 atom stereocenters. The number of carbonyl (C=O) groups excluding carboxylic acids is 1. The second kappa shape index (κ2) is 3.77. The molecule has 9 heavy (non-hydrogen) atoms. The standard InChI is InChI=1S/C6H12O2S/c1-3-6(2,9)4-8-5-7/h5,9H,3-4H2,1-2H3/i1D3,3D2,4D. The first-order valence-corrected chi connectivity index (χ1v) is 2.67. The van der Waals surface area contributed by atoms with Crippen molar-refractivity contribution in [1.29, 1.82) is 0 Å². The van der Waals surface area contributed by atoms with Crippen LogP contribution in [0.4, 0.5) is 0 Å². The van der Waals surface area contributed by atoms with Gasteiger partial charge in [-0.3, -0.25) is 4.79 Å². The van der Waals surface area contributed by atoms with E-state index in [-0.39, 0.29) is 6.47 Å². The summed E-state index contributed by atoms with van der Waals surface area (Å²) in [6.45, 7) is -3.59. The van der Waals surface area contributed by atoms with Crippen LogP contribution in [0.3, 0.4) is 0 Å². The molecule has 0 aliphatic rings. The van der Waals surface area contributed by atoms with Gasteiger partial charge in [0.2, 0.25) is 0 Å². The highest BCUT2D eigenvalue weighted by molar-refractivity contribution is 7.81. The van der Waals surface area contributed by atoms with Crippen LogP contribution in [-0.2, 0) is 9.53 Å². The Morgan fingerprint density at radius 1 is 2.11 bits per heavy atom. The molecule has 3 heteroatoms. The molecule has 0 heterocycles. The van der Waals surface area contributed by atoms with Crippen LogP contribution in [0.1, 0.15) is 28.4 Å². The largest absolute Gasteiger partial charge is 0.466 e. The molecule has 0 spiro atoms. The quantitative estimate of drug-likeness (QED) is 0.487. The normalized spacial score (nSPS) is 32.7. The van der Waals surface area contributed by atoms with Gasteiger partial charge in [-0.25, -0.2) is 0 Å². The molecular weight excluding hydrogens is 136 g/mol. The average Bonchev–Trinajstić information content (AvgIpc) is 2.02. The van der Waals surface area contributed by atoms with Crippen molar-refractivity contribution in [3.8, 4) is 0 Å². The van der Waals surface area contributed by atoms with Crippen LogP contribution in [0, 0.1) is 0 Å². The summed E-state index contributed by atoms with van der Waals surface area (Å²) in [5.41, 5.74) is 0. The lowest BCUT2D eigenvalue weighted by Gasteiger charge is -2.18. The van der Waals surface area contributed by atoms with E-state index in [9.17, 15) is 4.79 Å². The van der Waals surface area contributed by atoms with Crippen molar-refractivity contribution in [2.24, 2.45) is 0 Å². The molecule has 0 aliphatic heterocycles. The van der Waals surface area contributed by atoms with E-state index in [4.69, 9.17) is 8.22 Å². The Labute approximate surface area is 69.4 Å². The van der Waals surface area contributed by atoms with Gasteiger partial charge < -0.3 is 4.74 Å². The highest BCUT2D eigenvalue weighted by atomic mass is 32.1. The lowest BCUT2D eigenvalue weighted by molar-refractivity contribution is -0.129. The molecule has 2 nitrogen and oxygen atoms in total. The Morgan fingerprint density at radius 3 is 3.22 bits per heavy atom. The summed E-state index contributed by atoms with van der Waals surface area (Å²) in [4.78, 5) is 10.00. The molecule has 2 unspecified atom stereocenters. The van der Waals surface area contributed by atoms with E-state index in [0.717, 1.165) is 6.92 Å². The monoisotopic (exact) mass is 154 g/mol. The summed E-state index contributed by atoms with van der Waals surface area (Å²) in [6, 6.07) is 0. The number of carbonyl (C=O) groups is 1. The Balaban J connectivity index is 5.08. The Hall–Kier alpha value is -0.180. The topological polar surface area (TPSA) is 26.3 Å². The van der Waals surface area contributed by atoms with E-state index in [1.165, 1.54) is 0 Å². The van der Waals surface area contributed by atoms with Crippen molar-refractivity contribution in [2.45, 2.75) is 24.9 Å². The summed E-state index contributed by atoms with van der Waals surface area (Å²) < 4.78 is 45.4. The van der Waals surface area contributed by atoms with Crippen LogP contribution in [0.25, 0.3) is 0 Å². The fraction of sp³-hybridized carbons (Fsp3) is 0.833. The first-order chi connectivity index (χ1) is 6.48. The lowest BCUT2D eigenvalue weighted by atomic mass is 10.1. The van der Waals surface area contributed by atoms with Crippen LogP contribution in [0.5, 0.6) is 0 Å². The summed E-state index contributed by atoms with van der Waals surface area (Å²) in [7, 11) is 0. The van der Waals surface area contributed by atoms with Crippen LogP contribution < -0.4 is 0 Å². The minimum absolute atomic E-state index is 0.0399. The highest BCUT2D eigenvalue weighted by Crippen LogP contribution is 2.17. The van der Waals surface area contributed by atoms with E-state index in [0.29, 0.717) is 0 Å². The smallest absolute Gasteiger partial charge is 0.293 e. The van der Waals surface area contributed by atoms with E-state index in [1.54, 1.807) is 0 Å². The van der Waals surface area contributed by atoms with Gasteiger partial charge in [0.15, 0.2) is 0 Å². The van der Waals surface area contributed by atoms with Gasteiger partial charge in [0.1, 0.15) is 6.58 Å². The van der Waals surface area contributed by atoms with Gasteiger partial charge in [-0.05, 0) is 13.3 Å². The van der Waals surface area contributed by atoms with Gasteiger partial charge in [-0.1, -0.05) is 6.85 Å². The molecule has 0 aromatic heterocycles. The maximum absolute atomic E-state index is 10.00. The third kappa shape index (κ3) is 4.33. The molecule has 0 aromatic carbocycles. The molecule has 0 saturated carbocycles. The second-order valence-electron chi connectivity index (χ2n) is 1.62. The zero-order chi connectivity index (χ0) is 12.5. The maximum atomic E-state index is 10.00. The van der Waals surface area contributed by atoms with Crippen molar-refractivity contribution < 1.29 is 17.8 Å². The Bertz CT molecular complexity index is 238. The molecule has 0 fully saturated rings. The second-order valence-corrected chi connectivity index (χ2v) is 2.55. The summed E-state index contributed by atoms with van der Waals surface area (Å²) in [6.07, 6.45) is -2.75. The Kier molecular flexibility index (Phi) is 1.18. The SMILES string of the molecule is [2H]C(OC=O)C(C)(S)C([2H])([2H])C([2H])([2H])[2H]. The van der Waals surface area contributed by atoms with Gasteiger partial charge >= 0.3 is 0 Å². The highest BCUT2D eigenvalue weighted by Gasteiger charge is 2.15. The third-order valence-electron chi connectivity index (χ3n) is 0.606. The third-order valence-corrected chi connectivity index (χ3v) is 0.823. The lowest BCUT2D eigenvalue weighted by Crippen LogP contribution is -2.22. The molecule has 0 saturated heterocycles. The molecule has 0 amide bonds. The predicted octanol–water partition coefficient (Wildman–Crippen LogP) is 1.26. The van der Waals surface area contributed by atoms with Gasteiger partial charge in [0, 0.05) is 11.6 Å². The first-order valence-electron chi connectivity index (χ1n) is 5.30. The zero-order valence-electron chi connectivity index (χ0n) is 10.9. The molecular formula is C6H12O2S. The van der Waals surface area contributed by atoms with Crippen molar-refractivity contribution in [1.82, 2.24) is 0 Å². The average molecular weight is 154 g/mol. The van der Waals surface area contributed by atoms with Crippen molar-refractivity contribution >= 4 is 19.1 Å². The maximum Gasteiger partial charge on any atom is 0.293 e. The molecule has 0 N–H and O–H groups in total. The number of rotatable bonds is 4. The predicted molar refractivity (Wildman–Crippen MR) is 39.7 cm³/mol. The summed E-state index contributed by atoms with van der Waals surface area (Å²) in [5.74, 6) is 0. The molecule has 0 aliphatic carbocycles. The molecule has 0 rings (SSSR count). The van der Waals surface area contributed by atoms with E-state index >= 15 is 0 Å². The van der Waals surface area contributed by atoms with Gasteiger partial charge in [-0.2, -0.15) is 12.6 Å². The van der Waals surface area contributed by atoms with E-state index < -0.39 is 24.6 Å². The van der Waals surface area contributed by atoms with Crippen LogP contribution in [0.2, 0.25) is 0 Å². The number of thiol groups is 1. The summed E-state index contributed by atoms with van der Waals surface area (Å²) >= 11 is 3.78. The van der Waals surface area contributed by atoms with E-state index in [1.807, 2.05) is 0 Å². The first kappa shape index (κ1) is 2.82. The van der Waals surface area contributed by atoms with E-state index in [2.05, 4.69) is 17.4 Å². The zero-order valence-corrected chi connectivity index (χ0v) is 5.81. The summed E-state index contributed by atoms with van der Waals surface area (Å²) in [5, 5.41) is 0. The van der Waals surface area contributed by atoms with Crippen LogP contribution >= 0.6 is 12.6 Å². The van der Waals surface area contributed by atoms with Crippen LogP contribution in [0.15, 0.2) is 0 Å². The minimum atomic E-state index is -2.95. The fourth-order valence-corrected chi connectivity index (χ4v) is 0.251. The number of hydrogen-bond donors (Lipinski definition) is 1. The molecule has 0 radical (unpaired) electrons. The van der Waals surface area contributed by atoms with Crippen molar-refractivity contribution in [3.05, 3.63) is 0 Å². The van der Waals surface area contributed by atoms with Crippen LogP contribution in [-0.4, -0.2) is 17.8 Å². The minimum Gasteiger partial charge on any atom is -0.466 e. The fourth-order valence-electron chi connectivity index (χ4n) is 0.190. The molecule has 0 aromatic rings. The van der Waals surface area contributed by atoms with Gasteiger partial charge in [0.25, 0.3) is 6.47 Å². The van der Waals surface area contributed by atoms with Crippen molar-refractivity contribution in [2.75, 3.05) is 6.58 Å². The Morgan fingerprint density at radius 2 is 2.78 bits per heavy atom. The van der Waals surface area contributed by atoms with Gasteiger partial charge in [0.05, 0.1) is 1.37 Å².